The van der Waals surface area contributed by atoms with Crippen molar-refractivity contribution < 1.29 is 9.47 Å². The van der Waals surface area contributed by atoms with Crippen molar-refractivity contribution >= 4 is 21.6 Å². The predicted molar refractivity (Wildman–Crippen MR) is 117 cm³/mol. The summed E-state index contributed by atoms with van der Waals surface area (Å²) in [6.45, 7) is 2.09. The van der Waals surface area contributed by atoms with E-state index >= 15 is 0 Å². The van der Waals surface area contributed by atoms with Gasteiger partial charge in [0.15, 0.2) is 0 Å². The van der Waals surface area contributed by atoms with Crippen LogP contribution < -0.4 is 9.47 Å². The van der Waals surface area contributed by atoms with Crippen LogP contribution in [-0.4, -0.2) is 17.8 Å². The Kier molecular flexibility index (Phi) is 4.55. The molecular weight excluding hydrogens is 428 g/mol. The Labute approximate surface area is 178 Å². The highest BCUT2D eigenvalue weighted by atomic mass is 79.9. The number of ether oxygens (including phenoxy) is 2. The minimum Gasteiger partial charge on any atom is -0.497 e. The Morgan fingerprint density at radius 2 is 1.90 bits per heavy atom. The second-order valence-electron chi connectivity index (χ2n) is 7.44. The van der Waals surface area contributed by atoms with Crippen LogP contribution in [0, 0.1) is 6.92 Å². The topological polar surface area (TPSA) is 34.1 Å². The van der Waals surface area contributed by atoms with Crippen LogP contribution in [0.3, 0.4) is 0 Å². The van der Waals surface area contributed by atoms with Crippen molar-refractivity contribution in [2.24, 2.45) is 5.10 Å². The third-order valence-electron chi connectivity index (χ3n) is 5.52. The van der Waals surface area contributed by atoms with E-state index in [0.717, 1.165) is 44.8 Å². The van der Waals surface area contributed by atoms with Crippen molar-refractivity contribution in [1.29, 1.82) is 0 Å². The van der Waals surface area contributed by atoms with Crippen LogP contribution in [0.2, 0.25) is 0 Å². The van der Waals surface area contributed by atoms with Gasteiger partial charge in [0.2, 0.25) is 6.23 Å². The van der Waals surface area contributed by atoms with Gasteiger partial charge in [0, 0.05) is 27.6 Å². The average molecular weight is 449 g/mol. The number of rotatable bonds is 3. The molecule has 0 saturated carbocycles. The fraction of sp³-hybridized carbons (Fsp3) is 0.208. The second kappa shape index (κ2) is 7.23. The van der Waals surface area contributed by atoms with E-state index in [2.05, 4.69) is 64.3 Å². The largest absolute Gasteiger partial charge is 0.497 e. The molecule has 0 radical (unpaired) electrons. The molecule has 0 spiro atoms. The quantitative estimate of drug-likeness (QED) is 0.491. The van der Waals surface area contributed by atoms with Crippen molar-refractivity contribution in [3.63, 3.8) is 0 Å². The van der Waals surface area contributed by atoms with E-state index in [4.69, 9.17) is 14.6 Å². The summed E-state index contributed by atoms with van der Waals surface area (Å²) < 4.78 is 12.9. The molecule has 0 aliphatic carbocycles. The molecule has 2 aliphatic rings. The van der Waals surface area contributed by atoms with Crippen LogP contribution in [0.4, 0.5) is 0 Å². The van der Waals surface area contributed by atoms with Crippen LogP contribution in [-0.2, 0) is 0 Å². The molecule has 2 atom stereocenters. The van der Waals surface area contributed by atoms with Crippen LogP contribution in [0.15, 0.2) is 76.3 Å². The predicted octanol–water partition coefficient (Wildman–Crippen LogP) is 6.01. The molecule has 5 heteroatoms. The smallest absolute Gasteiger partial charge is 0.213 e. The van der Waals surface area contributed by atoms with Gasteiger partial charge >= 0.3 is 0 Å². The molecule has 4 nitrogen and oxygen atoms in total. The molecule has 0 bridgehead atoms. The Balaban J connectivity index is 1.59. The first-order chi connectivity index (χ1) is 14.1. The lowest BCUT2D eigenvalue weighted by Crippen LogP contribution is -2.33. The van der Waals surface area contributed by atoms with Gasteiger partial charge in [-0.3, -0.25) is 0 Å². The van der Waals surface area contributed by atoms with E-state index in [-0.39, 0.29) is 12.3 Å². The Hall–Kier alpha value is -2.79. The third kappa shape index (κ3) is 3.29. The van der Waals surface area contributed by atoms with Gasteiger partial charge in [0.1, 0.15) is 11.5 Å². The summed E-state index contributed by atoms with van der Waals surface area (Å²) >= 11 is 3.61. The zero-order chi connectivity index (χ0) is 20.0. The highest BCUT2D eigenvalue weighted by molar-refractivity contribution is 9.10. The van der Waals surface area contributed by atoms with Gasteiger partial charge in [-0.2, -0.15) is 5.10 Å². The van der Waals surface area contributed by atoms with E-state index in [9.17, 15) is 0 Å². The molecule has 0 N–H and O–H groups in total. The fourth-order valence-corrected chi connectivity index (χ4v) is 4.37. The van der Waals surface area contributed by atoms with E-state index in [1.54, 1.807) is 7.11 Å². The highest BCUT2D eigenvalue weighted by Gasteiger charge is 2.41. The SMILES string of the molecule is COc1cccc(C2=NN3[C@H](C2)c2cc(Br)ccc2O[C@H]3c2ccc(C)cc2)c1. The van der Waals surface area contributed by atoms with Gasteiger partial charge in [0.25, 0.3) is 0 Å². The first-order valence-corrected chi connectivity index (χ1v) is 10.4. The Bertz CT molecular complexity index is 1090. The average Bonchev–Trinajstić information content (AvgIpc) is 3.20. The van der Waals surface area contributed by atoms with E-state index in [1.165, 1.54) is 5.56 Å². The Morgan fingerprint density at radius 1 is 1.07 bits per heavy atom. The number of hydrogen-bond acceptors (Lipinski definition) is 4. The number of fused-ring (bicyclic) bond motifs is 3. The van der Waals surface area contributed by atoms with Crippen LogP contribution in [0.25, 0.3) is 0 Å². The second-order valence-corrected chi connectivity index (χ2v) is 8.36. The van der Waals surface area contributed by atoms with Crippen LogP contribution in [0.1, 0.15) is 40.9 Å². The van der Waals surface area contributed by atoms with Gasteiger partial charge in [0.05, 0.1) is 18.9 Å². The summed E-state index contributed by atoms with van der Waals surface area (Å²) in [6, 6.07) is 22.9. The molecule has 0 aromatic heterocycles. The number of benzene rings is 3. The lowest BCUT2D eigenvalue weighted by Gasteiger charge is -2.38. The zero-order valence-electron chi connectivity index (χ0n) is 16.3. The van der Waals surface area contributed by atoms with E-state index in [1.807, 2.05) is 30.3 Å². The third-order valence-corrected chi connectivity index (χ3v) is 6.01. The van der Waals surface area contributed by atoms with Gasteiger partial charge in [-0.1, -0.05) is 57.9 Å². The van der Waals surface area contributed by atoms with Crippen molar-refractivity contribution in [2.45, 2.75) is 25.6 Å². The monoisotopic (exact) mass is 448 g/mol. The maximum Gasteiger partial charge on any atom is 0.213 e. The maximum atomic E-state index is 6.43. The first-order valence-electron chi connectivity index (χ1n) is 9.65. The van der Waals surface area contributed by atoms with Crippen molar-refractivity contribution in [2.75, 3.05) is 7.11 Å². The molecule has 0 saturated heterocycles. The van der Waals surface area contributed by atoms with E-state index < -0.39 is 0 Å². The van der Waals surface area contributed by atoms with Gasteiger partial charge in [-0.25, -0.2) is 5.01 Å². The molecule has 5 rings (SSSR count). The van der Waals surface area contributed by atoms with Gasteiger partial charge in [-0.15, -0.1) is 0 Å². The van der Waals surface area contributed by atoms with Crippen molar-refractivity contribution in [3.05, 3.63) is 93.5 Å². The molecule has 29 heavy (non-hydrogen) atoms. The van der Waals surface area contributed by atoms with Gasteiger partial charge < -0.3 is 9.47 Å². The normalized spacial score (nSPS) is 19.8. The fourth-order valence-electron chi connectivity index (χ4n) is 3.99. The standard InChI is InChI=1S/C24H21BrN2O2/c1-15-6-8-16(9-7-15)24-27-22(20-13-18(25)10-11-23(20)29-24)14-21(26-27)17-4-3-5-19(12-17)28-2/h3-13,22,24H,14H2,1-2H3/t22-,24+/m1/s1. The molecule has 146 valence electrons. The summed E-state index contributed by atoms with van der Waals surface area (Å²) in [5.74, 6) is 1.76. The number of hydrogen-bond donors (Lipinski definition) is 0. The molecular formula is C24H21BrN2O2. The van der Waals surface area contributed by atoms with Crippen LogP contribution in [0.5, 0.6) is 11.5 Å². The molecule has 0 amide bonds. The molecule has 0 unspecified atom stereocenters. The number of hydrazone groups is 1. The highest BCUT2D eigenvalue weighted by Crippen LogP contribution is 2.48. The molecule has 2 heterocycles. The Morgan fingerprint density at radius 3 is 2.69 bits per heavy atom. The molecule has 3 aromatic carbocycles. The number of nitrogens with zero attached hydrogens (tertiary/aromatic N) is 2. The number of halogens is 1. The van der Waals surface area contributed by atoms with Gasteiger partial charge in [-0.05, 0) is 37.3 Å². The van der Waals surface area contributed by atoms with Crippen molar-refractivity contribution in [1.82, 2.24) is 5.01 Å². The van der Waals surface area contributed by atoms with Crippen LogP contribution >= 0.6 is 15.9 Å². The number of methoxy groups -OCH3 is 1. The lowest BCUT2D eigenvalue weighted by atomic mass is 9.96. The molecule has 3 aromatic rings. The summed E-state index contributed by atoms with van der Waals surface area (Å²) in [5.41, 5.74) is 5.61. The number of aryl methyl sites for hydroxylation is 1. The molecule has 2 aliphatic heterocycles. The summed E-state index contributed by atoms with van der Waals surface area (Å²) in [5, 5.41) is 7.12. The first kappa shape index (κ1) is 18.3. The summed E-state index contributed by atoms with van der Waals surface area (Å²) in [6.07, 6.45) is 0.569. The maximum absolute atomic E-state index is 6.43. The summed E-state index contributed by atoms with van der Waals surface area (Å²) in [4.78, 5) is 0. The minimum absolute atomic E-state index is 0.128. The summed E-state index contributed by atoms with van der Waals surface area (Å²) in [7, 11) is 1.69. The molecule has 0 fully saturated rings. The zero-order valence-corrected chi connectivity index (χ0v) is 17.9. The van der Waals surface area contributed by atoms with E-state index in [0.29, 0.717) is 0 Å². The van der Waals surface area contributed by atoms with Crippen molar-refractivity contribution in [3.8, 4) is 11.5 Å². The lowest BCUT2D eigenvalue weighted by molar-refractivity contribution is -0.0190. The minimum atomic E-state index is -0.252.